The highest BCUT2D eigenvalue weighted by Crippen LogP contribution is 2.22. The number of nitrogens with zero attached hydrogens (tertiary/aromatic N) is 3. The summed E-state index contributed by atoms with van der Waals surface area (Å²) in [4.78, 5) is 20.5. The summed E-state index contributed by atoms with van der Waals surface area (Å²) in [6.45, 7) is 9.38. The smallest absolute Gasteiger partial charge is 0.410 e. The van der Waals surface area contributed by atoms with E-state index in [1.165, 1.54) is 0 Å². The van der Waals surface area contributed by atoms with Gasteiger partial charge in [-0.1, -0.05) is 0 Å². The number of likely N-dealkylation sites (N-methyl/N-ethyl adjacent to an activating group) is 1. The summed E-state index contributed by atoms with van der Waals surface area (Å²) in [5.41, 5.74) is -0.454. The summed E-state index contributed by atoms with van der Waals surface area (Å²) in [5.74, 6) is 0.964. The van der Waals surface area contributed by atoms with Crippen LogP contribution in [0.3, 0.4) is 0 Å². The first-order valence-electron chi connectivity index (χ1n) is 6.97. The summed E-state index contributed by atoms with van der Waals surface area (Å²) in [6, 6.07) is 0.0461. The Hall–Kier alpha value is -1.26. The van der Waals surface area contributed by atoms with E-state index in [4.69, 9.17) is 4.74 Å². The normalized spacial score (nSPS) is 20.6. The highest BCUT2D eigenvalue weighted by molar-refractivity contribution is 5.90. The minimum Gasteiger partial charge on any atom is -0.444 e. The zero-order valence-corrected chi connectivity index (χ0v) is 13.1. The molecule has 1 amide bonds. The molecular weight excluding hydrogens is 242 g/mol. The molecule has 1 fully saturated rings. The quantitative estimate of drug-likeness (QED) is 0.571. The summed E-state index contributed by atoms with van der Waals surface area (Å²) in [6.07, 6.45) is 1.72. The number of carbonyl (C=O) groups excluding carboxylic acids is 1. The lowest BCUT2D eigenvalue weighted by Crippen LogP contribution is -2.48. The van der Waals surface area contributed by atoms with E-state index < -0.39 is 5.60 Å². The van der Waals surface area contributed by atoms with Crippen LogP contribution in [0.15, 0.2) is 4.99 Å². The minimum atomic E-state index is -0.454. The maximum Gasteiger partial charge on any atom is 0.410 e. The molecule has 1 saturated heterocycles. The molecule has 0 saturated carbocycles. The van der Waals surface area contributed by atoms with Gasteiger partial charge in [-0.2, -0.15) is 0 Å². The van der Waals surface area contributed by atoms with Crippen molar-refractivity contribution in [2.75, 3.05) is 27.2 Å². The van der Waals surface area contributed by atoms with E-state index in [0.29, 0.717) is 0 Å². The molecule has 0 aromatic heterocycles. The van der Waals surface area contributed by atoms with E-state index in [-0.39, 0.29) is 12.1 Å². The number of amidine groups is 1. The van der Waals surface area contributed by atoms with E-state index in [1.807, 2.05) is 27.8 Å². The van der Waals surface area contributed by atoms with Crippen LogP contribution in [-0.2, 0) is 4.74 Å². The SMILES string of the molecule is CCN(C)/C(=N\C)[C@@H]1CCCN1C(=O)OC(C)(C)C. The van der Waals surface area contributed by atoms with Crippen molar-refractivity contribution in [2.45, 2.75) is 52.2 Å². The fourth-order valence-electron chi connectivity index (χ4n) is 2.31. The van der Waals surface area contributed by atoms with Crippen LogP contribution < -0.4 is 0 Å². The molecule has 5 heteroatoms. The first kappa shape index (κ1) is 15.8. The van der Waals surface area contributed by atoms with Crippen molar-refractivity contribution in [3.05, 3.63) is 0 Å². The molecule has 0 radical (unpaired) electrons. The average Bonchev–Trinajstić information content (AvgIpc) is 2.76. The van der Waals surface area contributed by atoms with Crippen LogP contribution in [0.25, 0.3) is 0 Å². The van der Waals surface area contributed by atoms with Gasteiger partial charge in [0.25, 0.3) is 0 Å². The first-order chi connectivity index (χ1) is 8.80. The van der Waals surface area contributed by atoms with Gasteiger partial charge in [0.1, 0.15) is 11.4 Å². The number of hydrogen-bond acceptors (Lipinski definition) is 3. The molecule has 0 N–H and O–H groups in total. The van der Waals surface area contributed by atoms with Gasteiger partial charge in [0.05, 0.1) is 6.04 Å². The largest absolute Gasteiger partial charge is 0.444 e. The van der Waals surface area contributed by atoms with Gasteiger partial charge in [-0.25, -0.2) is 4.79 Å². The molecule has 0 aromatic rings. The van der Waals surface area contributed by atoms with Gasteiger partial charge in [-0.15, -0.1) is 0 Å². The van der Waals surface area contributed by atoms with E-state index in [1.54, 1.807) is 11.9 Å². The van der Waals surface area contributed by atoms with Gasteiger partial charge < -0.3 is 9.64 Å². The molecule has 5 nitrogen and oxygen atoms in total. The summed E-state index contributed by atoms with van der Waals surface area (Å²) < 4.78 is 5.47. The van der Waals surface area contributed by atoms with Crippen molar-refractivity contribution in [3.63, 3.8) is 0 Å². The molecular formula is C14H27N3O2. The highest BCUT2D eigenvalue weighted by atomic mass is 16.6. The van der Waals surface area contributed by atoms with Crippen molar-refractivity contribution in [2.24, 2.45) is 4.99 Å². The van der Waals surface area contributed by atoms with Crippen molar-refractivity contribution < 1.29 is 9.53 Å². The Labute approximate surface area is 116 Å². The Balaban J connectivity index is 2.81. The maximum absolute atomic E-state index is 12.2. The Morgan fingerprint density at radius 3 is 2.58 bits per heavy atom. The van der Waals surface area contributed by atoms with Crippen molar-refractivity contribution >= 4 is 11.9 Å². The molecule has 110 valence electrons. The molecule has 0 unspecified atom stereocenters. The van der Waals surface area contributed by atoms with Gasteiger partial charge in [-0.05, 0) is 40.5 Å². The standard InChI is InChI=1S/C14H27N3O2/c1-7-16(6)12(15-5)11-9-8-10-17(11)13(18)19-14(2,3)4/h11H,7-10H2,1-6H3/b15-12-/t11-/m0/s1. The van der Waals surface area contributed by atoms with E-state index >= 15 is 0 Å². The lowest BCUT2D eigenvalue weighted by atomic mass is 10.2. The molecule has 1 aliphatic rings. The zero-order chi connectivity index (χ0) is 14.6. The lowest BCUT2D eigenvalue weighted by molar-refractivity contribution is 0.0260. The molecule has 1 atom stereocenters. The number of hydrogen-bond donors (Lipinski definition) is 0. The van der Waals surface area contributed by atoms with Crippen molar-refractivity contribution in [1.82, 2.24) is 9.80 Å². The molecule has 0 bridgehead atoms. The number of likely N-dealkylation sites (tertiary alicyclic amines) is 1. The highest BCUT2D eigenvalue weighted by Gasteiger charge is 2.36. The summed E-state index contributed by atoms with van der Waals surface area (Å²) in [5, 5.41) is 0. The van der Waals surface area contributed by atoms with Crippen molar-refractivity contribution in [1.29, 1.82) is 0 Å². The second-order valence-electron chi connectivity index (χ2n) is 5.93. The third kappa shape index (κ3) is 4.11. The fraction of sp³-hybridized carbons (Fsp3) is 0.857. The number of rotatable bonds is 2. The Morgan fingerprint density at radius 1 is 1.47 bits per heavy atom. The molecule has 1 rings (SSSR count). The van der Waals surface area contributed by atoms with Gasteiger partial charge >= 0.3 is 6.09 Å². The van der Waals surface area contributed by atoms with Crippen LogP contribution in [0, 0.1) is 0 Å². The lowest BCUT2D eigenvalue weighted by Gasteiger charge is -2.32. The number of ether oxygens (including phenoxy) is 1. The zero-order valence-electron chi connectivity index (χ0n) is 13.1. The van der Waals surface area contributed by atoms with E-state index in [9.17, 15) is 4.79 Å². The van der Waals surface area contributed by atoms with E-state index in [2.05, 4.69) is 16.8 Å². The third-order valence-electron chi connectivity index (χ3n) is 3.27. The Morgan fingerprint density at radius 2 is 2.11 bits per heavy atom. The summed E-state index contributed by atoms with van der Waals surface area (Å²) >= 11 is 0. The Bertz CT molecular complexity index is 347. The molecule has 0 aliphatic carbocycles. The van der Waals surface area contributed by atoms with Gasteiger partial charge in [0.2, 0.25) is 0 Å². The molecule has 1 aliphatic heterocycles. The molecule has 0 spiro atoms. The average molecular weight is 269 g/mol. The monoisotopic (exact) mass is 269 g/mol. The van der Waals surface area contributed by atoms with Crippen molar-refractivity contribution in [3.8, 4) is 0 Å². The predicted molar refractivity (Wildman–Crippen MR) is 77.6 cm³/mol. The third-order valence-corrected chi connectivity index (χ3v) is 3.27. The van der Waals surface area contributed by atoms with Crippen LogP contribution >= 0.6 is 0 Å². The second kappa shape index (κ2) is 6.26. The molecule has 19 heavy (non-hydrogen) atoms. The topological polar surface area (TPSA) is 45.1 Å². The Kier molecular flexibility index (Phi) is 5.20. The predicted octanol–water partition coefficient (Wildman–Crippen LogP) is 2.37. The number of aliphatic imine (C=N–C) groups is 1. The second-order valence-corrected chi connectivity index (χ2v) is 5.93. The van der Waals surface area contributed by atoms with E-state index in [0.717, 1.165) is 31.8 Å². The van der Waals surface area contributed by atoms with Crippen LogP contribution in [0.5, 0.6) is 0 Å². The van der Waals surface area contributed by atoms with Gasteiger partial charge in [0, 0.05) is 27.2 Å². The first-order valence-corrected chi connectivity index (χ1v) is 6.97. The van der Waals surface area contributed by atoms with Gasteiger partial charge in [0.15, 0.2) is 0 Å². The van der Waals surface area contributed by atoms with Crippen LogP contribution in [0.1, 0.15) is 40.5 Å². The summed E-state index contributed by atoms with van der Waals surface area (Å²) in [7, 11) is 3.79. The number of amides is 1. The number of carbonyl (C=O) groups is 1. The fourth-order valence-corrected chi connectivity index (χ4v) is 2.31. The minimum absolute atomic E-state index is 0.0461. The van der Waals surface area contributed by atoms with Crippen LogP contribution in [-0.4, -0.2) is 60.6 Å². The van der Waals surface area contributed by atoms with Crippen LogP contribution in [0.4, 0.5) is 4.79 Å². The van der Waals surface area contributed by atoms with Crippen LogP contribution in [0.2, 0.25) is 0 Å². The maximum atomic E-state index is 12.2. The molecule has 0 aromatic carbocycles. The molecule has 1 heterocycles. The van der Waals surface area contributed by atoms with Gasteiger partial charge in [-0.3, -0.25) is 9.89 Å².